The molecule has 3 aromatic carbocycles. The Hall–Kier alpha value is -3.03. The highest BCUT2D eigenvalue weighted by molar-refractivity contribution is 7.92. The molecule has 6 nitrogen and oxygen atoms in total. The predicted octanol–water partition coefficient (Wildman–Crippen LogP) is 4.39. The summed E-state index contributed by atoms with van der Waals surface area (Å²) in [6.45, 7) is 2.14. The number of hydrogen-bond donors (Lipinski definition) is 2. The van der Waals surface area contributed by atoms with Crippen LogP contribution in [0.5, 0.6) is 5.75 Å². The van der Waals surface area contributed by atoms with Crippen LogP contribution < -0.4 is 14.8 Å². The summed E-state index contributed by atoms with van der Waals surface area (Å²) < 4.78 is 33.7. The first-order valence-electron chi connectivity index (χ1n) is 9.09. The molecule has 8 heteroatoms. The molecule has 0 aliphatic rings. The molecule has 0 aliphatic carbocycles. The predicted molar refractivity (Wildman–Crippen MR) is 118 cm³/mol. The quantitative estimate of drug-likeness (QED) is 0.566. The van der Waals surface area contributed by atoms with Gasteiger partial charge in [0.2, 0.25) is 0 Å². The molecular weight excluding hydrogens is 424 g/mol. The van der Waals surface area contributed by atoms with E-state index >= 15 is 0 Å². The molecule has 30 heavy (non-hydrogen) atoms. The van der Waals surface area contributed by atoms with Crippen LogP contribution in [0.4, 0.5) is 5.69 Å². The zero-order valence-corrected chi connectivity index (χ0v) is 18.0. The Morgan fingerprint density at radius 3 is 2.47 bits per heavy atom. The van der Waals surface area contributed by atoms with Gasteiger partial charge in [0.25, 0.3) is 15.9 Å². The topological polar surface area (TPSA) is 84.5 Å². The smallest absolute Gasteiger partial charge is 0.265 e. The van der Waals surface area contributed by atoms with Gasteiger partial charge in [0.15, 0.2) is 0 Å². The van der Waals surface area contributed by atoms with Crippen molar-refractivity contribution in [2.75, 3.05) is 11.8 Å². The molecule has 0 atom stereocenters. The van der Waals surface area contributed by atoms with Crippen molar-refractivity contribution in [3.8, 4) is 5.75 Å². The number of hydrogen-bond acceptors (Lipinski definition) is 4. The zero-order chi connectivity index (χ0) is 21.7. The largest absolute Gasteiger partial charge is 0.495 e. The molecule has 0 spiro atoms. The minimum atomic E-state index is -4.03. The molecule has 0 radical (unpaired) electrons. The number of carbonyl (C=O) groups excluding carboxylic acids is 1. The van der Waals surface area contributed by atoms with Crippen LogP contribution in [0.2, 0.25) is 5.02 Å². The lowest BCUT2D eigenvalue weighted by molar-refractivity contribution is 0.0952. The number of ether oxygens (including phenoxy) is 1. The minimum Gasteiger partial charge on any atom is -0.495 e. The van der Waals surface area contributed by atoms with Crippen molar-refractivity contribution in [3.05, 3.63) is 88.4 Å². The van der Waals surface area contributed by atoms with Gasteiger partial charge in [0, 0.05) is 11.6 Å². The van der Waals surface area contributed by atoms with Crippen molar-refractivity contribution < 1.29 is 17.9 Å². The minimum absolute atomic E-state index is 0.0359. The van der Waals surface area contributed by atoms with E-state index in [0.29, 0.717) is 11.6 Å². The molecule has 0 saturated heterocycles. The Bertz CT molecular complexity index is 1170. The molecule has 3 rings (SSSR count). The van der Waals surface area contributed by atoms with Gasteiger partial charge in [-0.25, -0.2) is 8.42 Å². The normalized spacial score (nSPS) is 11.0. The highest BCUT2D eigenvalue weighted by Gasteiger charge is 2.22. The van der Waals surface area contributed by atoms with Crippen LogP contribution in [0.25, 0.3) is 0 Å². The SMILES string of the molecule is COc1cc(C)ccc1S(=O)(=O)Nc1cc(Cl)ccc1C(=O)NCc1ccccc1. The maximum absolute atomic E-state index is 13.0. The van der Waals surface area contributed by atoms with E-state index in [1.807, 2.05) is 37.3 Å². The van der Waals surface area contributed by atoms with E-state index in [-0.39, 0.29) is 21.9 Å². The summed E-state index contributed by atoms with van der Waals surface area (Å²) in [7, 11) is -2.63. The molecule has 0 saturated carbocycles. The second-order valence-corrected chi connectivity index (χ2v) is 8.71. The van der Waals surface area contributed by atoms with Gasteiger partial charge in [-0.2, -0.15) is 0 Å². The van der Waals surface area contributed by atoms with Crippen molar-refractivity contribution in [2.45, 2.75) is 18.4 Å². The number of amides is 1. The second-order valence-electron chi connectivity index (χ2n) is 6.62. The van der Waals surface area contributed by atoms with Crippen LogP contribution in [-0.2, 0) is 16.6 Å². The van der Waals surface area contributed by atoms with Gasteiger partial charge in [-0.15, -0.1) is 0 Å². The van der Waals surface area contributed by atoms with Gasteiger partial charge in [-0.05, 0) is 48.4 Å². The van der Waals surface area contributed by atoms with Gasteiger partial charge in [0.1, 0.15) is 10.6 Å². The molecule has 156 valence electrons. The first-order chi connectivity index (χ1) is 14.3. The van der Waals surface area contributed by atoms with E-state index in [1.165, 1.54) is 31.4 Å². The third-order valence-electron chi connectivity index (χ3n) is 4.38. The van der Waals surface area contributed by atoms with Crippen LogP contribution in [0.3, 0.4) is 0 Å². The summed E-state index contributed by atoms with van der Waals surface area (Å²) in [5.74, 6) is -0.219. The van der Waals surface area contributed by atoms with Gasteiger partial charge in [-0.3, -0.25) is 9.52 Å². The molecule has 0 fully saturated rings. The van der Waals surface area contributed by atoms with Crippen LogP contribution in [0, 0.1) is 6.92 Å². The average Bonchev–Trinajstić information content (AvgIpc) is 2.72. The van der Waals surface area contributed by atoms with Crippen molar-refractivity contribution in [1.82, 2.24) is 5.32 Å². The highest BCUT2D eigenvalue weighted by Crippen LogP contribution is 2.29. The van der Waals surface area contributed by atoms with E-state index < -0.39 is 15.9 Å². The third kappa shape index (κ3) is 5.11. The molecule has 0 aliphatic heterocycles. The van der Waals surface area contributed by atoms with Crippen molar-refractivity contribution >= 4 is 33.2 Å². The van der Waals surface area contributed by atoms with Crippen LogP contribution in [0.15, 0.2) is 71.6 Å². The van der Waals surface area contributed by atoms with Crippen molar-refractivity contribution in [1.29, 1.82) is 0 Å². The van der Waals surface area contributed by atoms with Gasteiger partial charge >= 0.3 is 0 Å². The maximum atomic E-state index is 13.0. The summed E-state index contributed by atoms with van der Waals surface area (Å²) >= 11 is 6.06. The Labute approximate surface area is 180 Å². The number of nitrogens with one attached hydrogen (secondary N) is 2. The summed E-state index contributed by atoms with van der Waals surface area (Å²) in [6.07, 6.45) is 0. The fourth-order valence-electron chi connectivity index (χ4n) is 2.87. The summed E-state index contributed by atoms with van der Waals surface area (Å²) in [4.78, 5) is 12.7. The van der Waals surface area contributed by atoms with E-state index in [1.54, 1.807) is 12.1 Å². The first kappa shape index (κ1) is 21.7. The van der Waals surface area contributed by atoms with E-state index in [2.05, 4.69) is 10.0 Å². The number of aryl methyl sites for hydroxylation is 1. The Morgan fingerprint density at radius 1 is 1.03 bits per heavy atom. The third-order valence-corrected chi connectivity index (χ3v) is 6.02. The maximum Gasteiger partial charge on any atom is 0.265 e. The molecule has 0 aromatic heterocycles. The lowest BCUT2D eigenvalue weighted by Gasteiger charge is -2.15. The molecule has 1 amide bonds. The number of anilines is 1. The summed E-state index contributed by atoms with van der Waals surface area (Å²) in [5.41, 5.74) is 2.02. The van der Waals surface area contributed by atoms with Gasteiger partial charge < -0.3 is 10.1 Å². The second kappa shape index (κ2) is 9.19. The monoisotopic (exact) mass is 444 g/mol. The van der Waals surface area contributed by atoms with Gasteiger partial charge in [0.05, 0.1) is 18.4 Å². The fraction of sp³-hybridized carbons (Fsp3) is 0.136. The lowest BCUT2D eigenvalue weighted by atomic mass is 10.1. The lowest BCUT2D eigenvalue weighted by Crippen LogP contribution is -2.25. The Balaban J connectivity index is 1.89. The molecule has 0 unspecified atom stereocenters. The number of rotatable bonds is 7. The molecule has 0 bridgehead atoms. The van der Waals surface area contributed by atoms with Crippen LogP contribution in [-0.4, -0.2) is 21.4 Å². The van der Waals surface area contributed by atoms with E-state index in [4.69, 9.17) is 16.3 Å². The highest BCUT2D eigenvalue weighted by atomic mass is 35.5. The van der Waals surface area contributed by atoms with E-state index in [0.717, 1.165) is 11.1 Å². The van der Waals surface area contributed by atoms with Crippen molar-refractivity contribution in [3.63, 3.8) is 0 Å². The number of halogens is 1. The average molecular weight is 445 g/mol. The Morgan fingerprint density at radius 2 is 1.77 bits per heavy atom. The first-order valence-corrected chi connectivity index (χ1v) is 11.0. The zero-order valence-electron chi connectivity index (χ0n) is 16.5. The molecule has 2 N–H and O–H groups in total. The number of methoxy groups -OCH3 is 1. The number of benzene rings is 3. The summed E-state index contributed by atoms with van der Waals surface area (Å²) in [6, 6.07) is 18.6. The van der Waals surface area contributed by atoms with Crippen LogP contribution in [0.1, 0.15) is 21.5 Å². The molecular formula is C22H21ClN2O4S. The molecule has 0 heterocycles. The van der Waals surface area contributed by atoms with Crippen molar-refractivity contribution in [2.24, 2.45) is 0 Å². The number of carbonyl (C=O) groups is 1. The fourth-order valence-corrected chi connectivity index (χ4v) is 4.26. The summed E-state index contributed by atoms with van der Waals surface area (Å²) in [5, 5.41) is 3.08. The van der Waals surface area contributed by atoms with Gasteiger partial charge in [-0.1, -0.05) is 48.0 Å². The Kier molecular flexibility index (Phi) is 6.64. The number of sulfonamides is 1. The van der Waals surface area contributed by atoms with E-state index in [9.17, 15) is 13.2 Å². The van der Waals surface area contributed by atoms with Crippen LogP contribution >= 0.6 is 11.6 Å². The molecule has 3 aromatic rings. The standard InChI is InChI=1S/C22H21ClN2O4S/c1-15-8-11-21(20(12-15)29-2)30(27,28)25-19-13-17(23)9-10-18(19)22(26)24-14-16-6-4-3-5-7-16/h3-13,25H,14H2,1-2H3,(H,24,26).